The molecular weight excluding hydrogens is 332 g/mol. The molecule has 3 aromatic rings. The minimum absolute atomic E-state index is 0.0364. The molecule has 4 nitrogen and oxygen atoms in total. The number of carbonyl (C=O) groups excluding carboxylic acids is 1. The second kappa shape index (κ2) is 8.46. The van der Waals surface area contributed by atoms with Crippen molar-refractivity contribution >= 4 is 22.9 Å². The smallest absolute Gasteiger partial charge is 0.279 e. The lowest BCUT2D eigenvalue weighted by Crippen LogP contribution is -2.87. The van der Waals surface area contributed by atoms with Gasteiger partial charge >= 0.3 is 0 Å². The van der Waals surface area contributed by atoms with E-state index in [0.29, 0.717) is 6.54 Å². The van der Waals surface area contributed by atoms with Gasteiger partial charge in [-0.05, 0) is 23.6 Å². The van der Waals surface area contributed by atoms with E-state index in [4.69, 9.17) is 4.74 Å². The van der Waals surface area contributed by atoms with E-state index >= 15 is 0 Å². The van der Waals surface area contributed by atoms with Crippen molar-refractivity contribution in [3.8, 4) is 5.75 Å². The average Bonchev–Trinajstić information content (AvgIpc) is 3.17. The van der Waals surface area contributed by atoms with E-state index in [9.17, 15) is 4.79 Å². The third-order valence-electron chi connectivity index (χ3n) is 3.90. The normalized spacial score (nSPS) is 11.7. The van der Waals surface area contributed by atoms with Crippen LogP contribution in [0.4, 0.5) is 5.69 Å². The molecule has 1 atom stereocenters. The Morgan fingerprint density at radius 2 is 1.96 bits per heavy atom. The zero-order valence-corrected chi connectivity index (χ0v) is 14.8. The van der Waals surface area contributed by atoms with Crippen molar-refractivity contribution < 1.29 is 14.8 Å². The maximum absolute atomic E-state index is 12.3. The van der Waals surface area contributed by atoms with Crippen LogP contribution in [-0.4, -0.2) is 19.6 Å². The van der Waals surface area contributed by atoms with Crippen molar-refractivity contribution in [3.05, 3.63) is 82.6 Å². The third-order valence-corrected chi connectivity index (χ3v) is 4.86. The van der Waals surface area contributed by atoms with E-state index in [-0.39, 0.29) is 11.9 Å². The Kier molecular flexibility index (Phi) is 5.82. The number of ether oxygens (including phenoxy) is 1. The van der Waals surface area contributed by atoms with Gasteiger partial charge in [0.05, 0.1) is 12.0 Å². The highest BCUT2D eigenvalue weighted by atomic mass is 32.1. The predicted molar refractivity (Wildman–Crippen MR) is 101 cm³/mol. The number of rotatable bonds is 7. The van der Waals surface area contributed by atoms with E-state index in [0.717, 1.165) is 11.4 Å². The molecule has 3 N–H and O–H groups in total. The van der Waals surface area contributed by atoms with Crippen molar-refractivity contribution in [2.24, 2.45) is 0 Å². The van der Waals surface area contributed by atoms with E-state index in [2.05, 4.69) is 34.2 Å². The fourth-order valence-electron chi connectivity index (χ4n) is 2.68. The summed E-state index contributed by atoms with van der Waals surface area (Å²) < 4.78 is 5.18. The summed E-state index contributed by atoms with van der Waals surface area (Å²) in [5.41, 5.74) is 1.93. The molecule has 3 rings (SSSR count). The van der Waals surface area contributed by atoms with Gasteiger partial charge in [0.25, 0.3) is 5.91 Å². The number of carbonyl (C=O) groups is 1. The number of thiophene rings is 1. The highest BCUT2D eigenvalue weighted by molar-refractivity contribution is 7.10. The fraction of sp³-hybridized carbons (Fsp3) is 0.150. The molecule has 1 aromatic heterocycles. The molecule has 1 amide bonds. The summed E-state index contributed by atoms with van der Waals surface area (Å²) >= 11 is 1.71. The van der Waals surface area contributed by atoms with Crippen LogP contribution in [0.5, 0.6) is 5.75 Å². The van der Waals surface area contributed by atoms with E-state index in [1.807, 2.05) is 48.5 Å². The van der Waals surface area contributed by atoms with Crippen LogP contribution in [0.3, 0.4) is 0 Å². The Balaban J connectivity index is 1.66. The van der Waals surface area contributed by atoms with Crippen LogP contribution in [0.15, 0.2) is 72.1 Å². The second-order valence-corrected chi connectivity index (χ2v) is 6.60. The molecular formula is C20H21N2O2S+. The minimum atomic E-state index is -0.0364. The number of nitrogens with two attached hydrogens (primary N) is 1. The number of nitrogens with one attached hydrogen (secondary N) is 1. The Hall–Kier alpha value is -2.63. The molecule has 0 aliphatic carbocycles. The van der Waals surface area contributed by atoms with Crippen molar-refractivity contribution in [2.45, 2.75) is 6.04 Å². The number of benzene rings is 2. The lowest BCUT2D eigenvalue weighted by atomic mass is 10.1. The SMILES string of the molecule is COc1cccc(NC(=O)C[NH2+][C@H](c2ccccc2)c2cccs2)c1. The van der Waals surface area contributed by atoms with Crippen LogP contribution in [0.2, 0.25) is 0 Å². The van der Waals surface area contributed by atoms with Gasteiger partial charge < -0.3 is 15.4 Å². The quantitative estimate of drug-likeness (QED) is 0.686. The first-order valence-electron chi connectivity index (χ1n) is 8.12. The highest BCUT2D eigenvalue weighted by Crippen LogP contribution is 2.22. The van der Waals surface area contributed by atoms with Gasteiger partial charge in [0.2, 0.25) is 0 Å². The summed E-state index contributed by atoms with van der Waals surface area (Å²) in [5, 5.41) is 7.05. The summed E-state index contributed by atoms with van der Waals surface area (Å²) in [5.74, 6) is 0.688. The van der Waals surface area contributed by atoms with Crippen LogP contribution in [0.1, 0.15) is 16.5 Å². The minimum Gasteiger partial charge on any atom is -0.497 e. The van der Waals surface area contributed by atoms with E-state index < -0.39 is 0 Å². The molecule has 0 aliphatic heterocycles. The Labute approximate surface area is 151 Å². The lowest BCUT2D eigenvalue weighted by Gasteiger charge is -2.15. The maximum Gasteiger partial charge on any atom is 0.279 e. The van der Waals surface area contributed by atoms with Crippen molar-refractivity contribution in [3.63, 3.8) is 0 Å². The van der Waals surface area contributed by atoms with Gasteiger partial charge in [-0.25, -0.2) is 0 Å². The number of amides is 1. The van der Waals surface area contributed by atoms with Crippen LogP contribution in [0, 0.1) is 0 Å². The molecule has 0 aliphatic rings. The highest BCUT2D eigenvalue weighted by Gasteiger charge is 2.19. The van der Waals surface area contributed by atoms with Crippen molar-refractivity contribution in [1.29, 1.82) is 0 Å². The van der Waals surface area contributed by atoms with Crippen LogP contribution in [0.25, 0.3) is 0 Å². The van der Waals surface area contributed by atoms with E-state index in [1.54, 1.807) is 18.4 Å². The monoisotopic (exact) mass is 353 g/mol. The van der Waals surface area contributed by atoms with Crippen LogP contribution in [-0.2, 0) is 4.79 Å². The summed E-state index contributed by atoms with van der Waals surface area (Å²) in [6.45, 7) is 0.342. The van der Waals surface area contributed by atoms with Gasteiger partial charge in [-0.3, -0.25) is 4.79 Å². The first-order chi connectivity index (χ1) is 12.3. The zero-order valence-electron chi connectivity index (χ0n) is 14.0. The Morgan fingerprint density at radius 1 is 1.12 bits per heavy atom. The molecule has 0 unspecified atom stereocenters. The van der Waals surface area contributed by atoms with Gasteiger partial charge in [0.1, 0.15) is 11.8 Å². The molecule has 0 spiro atoms. The molecule has 0 saturated carbocycles. The average molecular weight is 353 g/mol. The van der Waals surface area contributed by atoms with Gasteiger partial charge in [-0.1, -0.05) is 42.5 Å². The molecule has 0 bridgehead atoms. The predicted octanol–water partition coefficient (Wildman–Crippen LogP) is 3.05. The summed E-state index contributed by atoms with van der Waals surface area (Å²) in [6.07, 6.45) is 0. The standard InChI is InChI=1S/C20H20N2O2S/c1-24-17-10-5-9-16(13-17)22-19(23)14-21-20(18-11-6-12-25-18)15-7-3-2-4-8-15/h2-13,20-21H,14H2,1H3,(H,22,23)/p+1/t20-/m1/s1. The molecule has 128 valence electrons. The summed E-state index contributed by atoms with van der Waals surface area (Å²) in [7, 11) is 1.61. The fourth-order valence-corrected chi connectivity index (χ4v) is 3.53. The van der Waals surface area contributed by atoms with Crippen LogP contribution >= 0.6 is 11.3 Å². The molecule has 0 fully saturated rings. The maximum atomic E-state index is 12.3. The molecule has 25 heavy (non-hydrogen) atoms. The summed E-state index contributed by atoms with van der Waals surface area (Å²) in [4.78, 5) is 13.6. The molecule has 0 radical (unpaired) electrons. The molecule has 1 heterocycles. The van der Waals surface area contributed by atoms with Gasteiger partial charge in [0, 0.05) is 17.3 Å². The largest absolute Gasteiger partial charge is 0.497 e. The Bertz CT molecular complexity index is 804. The second-order valence-electron chi connectivity index (χ2n) is 5.62. The first kappa shape index (κ1) is 17.2. The van der Waals surface area contributed by atoms with Gasteiger partial charge in [-0.15, -0.1) is 11.3 Å². The third kappa shape index (κ3) is 4.68. The Morgan fingerprint density at radius 3 is 2.68 bits per heavy atom. The topological polar surface area (TPSA) is 54.9 Å². The molecule has 5 heteroatoms. The number of anilines is 1. The zero-order chi connectivity index (χ0) is 17.5. The molecule has 2 aromatic carbocycles. The van der Waals surface area contributed by atoms with Gasteiger partial charge in [0.15, 0.2) is 6.54 Å². The number of methoxy groups -OCH3 is 1. The number of quaternary nitrogens is 1. The van der Waals surface area contributed by atoms with Crippen LogP contribution < -0.4 is 15.4 Å². The van der Waals surface area contributed by atoms with E-state index in [1.165, 1.54) is 10.4 Å². The van der Waals surface area contributed by atoms with Gasteiger partial charge in [-0.2, -0.15) is 0 Å². The van der Waals surface area contributed by atoms with Crippen molar-refractivity contribution in [1.82, 2.24) is 0 Å². The van der Waals surface area contributed by atoms with Crippen molar-refractivity contribution in [2.75, 3.05) is 19.0 Å². The number of hydrogen-bond donors (Lipinski definition) is 2. The summed E-state index contributed by atoms with van der Waals surface area (Å²) in [6, 6.07) is 21.9. The molecule has 0 saturated heterocycles. The number of hydrogen-bond acceptors (Lipinski definition) is 3. The lowest BCUT2D eigenvalue weighted by molar-refractivity contribution is -0.675. The first-order valence-corrected chi connectivity index (χ1v) is 9.00.